The second kappa shape index (κ2) is 7.75. The van der Waals surface area contributed by atoms with Gasteiger partial charge in [-0.25, -0.2) is 9.97 Å². The van der Waals surface area contributed by atoms with E-state index in [4.69, 9.17) is 0 Å². The van der Waals surface area contributed by atoms with Gasteiger partial charge in [0.15, 0.2) is 0 Å². The van der Waals surface area contributed by atoms with Crippen molar-refractivity contribution >= 4 is 23.0 Å². The highest BCUT2D eigenvalue weighted by atomic mass is 16.6. The average Bonchev–Trinajstić information content (AvgIpc) is 2.66. The summed E-state index contributed by atoms with van der Waals surface area (Å²) in [6.45, 7) is 6.23. The third kappa shape index (κ3) is 3.94. The lowest BCUT2D eigenvalue weighted by Gasteiger charge is -2.34. The Morgan fingerprint density at radius 3 is 2.48 bits per heavy atom. The van der Waals surface area contributed by atoms with Crippen LogP contribution in [0.15, 0.2) is 36.7 Å². The minimum Gasteiger partial charge on any atom is -0.348 e. The van der Waals surface area contributed by atoms with Gasteiger partial charge in [0.1, 0.15) is 6.33 Å². The lowest BCUT2D eigenvalue weighted by Crippen LogP contribution is -2.46. The number of nitrogens with zero attached hydrogens (tertiary/aromatic N) is 5. The minimum absolute atomic E-state index is 0.115. The largest absolute Gasteiger partial charge is 0.355 e. The fourth-order valence-corrected chi connectivity index (χ4v) is 2.79. The SMILES string of the molecule is CCN1CCN(c2ncnc(NNc3ccccc3)c2[N+](=O)[O-])CC1. The molecule has 9 nitrogen and oxygen atoms in total. The Morgan fingerprint density at radius 2 is 1.84 bits per heavy atom. The Kier molecular flexibility index (Phi) is 5.24. The fraction of sp³-hybridized carbons (Fsp3) is 0.375. The van der Waals surface area contributed by atoms with Crippen LogP contribution in [0.25, 0.3) is 0 Å². The first-order chi connectivity index (χ1) is 12.2. The van der Waals surface area contributed by atoms with Crippen molar-refractivity contribution in [1.82, 2.24) is 14.9 Å². The zero-order chi connectivity index (χ0) is 17.6. The topological polar surface area (TPSA) is 99.5 Å². The van der Waals surface area contributed by atoms with Gasteiger partial charge in [0.05, 0.1) is 10.6 Å². The van der Waals surface area contributed by atoms with Crippen molar-refractivity contribution in [1.29, 1.82) is 0 Å². The molecule has 0 atom stereocenters. The molecule has 1 aromatic carbocycles. The summed E-state index contributed by atoms with van der Waals surface area (Å²) in [6.07, 6.45) is 1.35. The third-order valence-corrected chi connectivity index (χ3v) is 4.20. The van der Waals surface area contributed by atoms with Gasteiger partial charge < -0.3 is 9.80 Å². The summed E-state index contributed by atoms with van der Waals surface area (Å²) >= 11 is 0. The highest BCUT2D eigenvalue weighted by Gasteiger charge is 2.29. The van der Waals surface area contributed by atoms with Gasteiger partial charge in [-0.1, -0.05) is 25.1 Å². The van der Waals surface area contributed by atoms with Crippen LogP contribution in [0.2, 0.25) is 0 Å². The molecular weight excluding hydrogens is 322 g/mol. The van der Waals surface area contributed by atoms with Crippen molar-refractivity contribution in [2.75, 3.05) is 48.5 Å². The van der Waals surface area contributed by atoms with Crippen LogP contribution in [0, 0.1) is 10.1 Å². The van der Waals surface area contributed by atoms with E-state index in [0.717, 1.165) is 25.3 Å². The van der Waals surface area contributed by atoms with E-state index in [1.165, 1.54) is 6.33 Å². The molecule has 9 heteroatoms. The van der Waals surface area contributed by atoms with Crippen molar-refractivity contribution in [3.8, 4) is 0 Å². The predicted octanol–water partition coefficient (Wildman–Crippen LogP) is 1.97. The van der Waals surface area contributed by atoms with Crippen molar-refractivity contribution < 1.29 is 4.92 Å². The maximum atomic E-state index is 11.6. The van der Waals surface area contributed by atoms with E-state index in [0.29, 0.717) is 18.9 Å². The summed E-state index contributed by atoms with van der Waals surface area (Å²) < 4.78 is 0. The molecule has 1 saturated heterocycles. The Hall–Kier alpha value is -2.94. The Morgan fingerprint density at radius 1 is 1.12 bits per heavy atom. The minimum atomic E-state index is -0.434. The molecule has 2 N–H and O–H groups in total. The predicted molar refractivity (Wildman–Crippen MR) is 96.7 cm³/mol. The second-order valence-electron chi connectivity index (χ2n) is 5.69. The van der Waals surface area contributed by atoms with Crippen LogP contribution in [0.3, 0.4) is 0 Å². The molecule has 2 aromatic rings. The number of hydrogen-bond donors (Lipinski definition) is 2. The summed E-state index contributed by atoms with van der Waals surface area (Å²) in [6, 6.07) is 9.34. The smallest absolute Gasteiger partial charge is 0.348 e. The van der Waals surface area contributed by atoms with E-state index in [1.807, 2.05) is 35.2 Å². The first-order valence-corrected chi connectivity index (χ1v) is 8.22. The van der Waals surface area contributed by atoms with Gasteiger partial charge in [0, 0.05) is 26.2 Å². The summed E-state index contributed by atoms with van der Waals surface area (Å²) in [4.78, 5) is 23.7. The molecule has 132 valence electrons. The Balaban J connectivity index is 1.81. The number of nitrogens with one attached hydrogen (secondary N) is 2. The van der Waals surface area contributed by atoms with Gasteiger partial charge in [-0.05, 0) is 18.7 Å². The van der Waals surface area contributed by atoms with E-state index in [2.05, 4.69) is 32.6 Å². The number of nitro groups is 1. The molecule has 0 saturated carbocycles. The van der Waals surface area contributed by atoms with Crippen molar-refractivity contribution in [3.63, 3.8) is 0 Å². The maximum Gasteiger partial charge on any atom is 0.355 e. The molecule has 0 spiro atoms. The molecule has 0 unspecified atom stereocenters. The molecule has 2 heterocycles. The molecule has 0 amide bonds. The maximum absolute atomic E-state index is 11.6. The normalized spacial score (nSPS) is 15.0. The number of piperazine rings is 1. The molecule has 0 radical (unpaired) electrons. The summed E-state index contributed by atoms with van der Waals surface area (Å²) in [5, 5.41) is 11.6. The molecule has 0 aliphatic carbocycles. The molecule has 3 rings (SSSR count). The van der Waals surface area contributed by atoms with Crippen LogP contribution in [0.5, 0.6) is 0 Å². The number of likely N-dealkylation sites (N-methyl/N-ethyl adjacent to an activating group) is 1. The standard InChI is InChI=1S/C16H21N7O2/c1-2-21-8-10-22(11-9-21)16-14(23(24)25)15(17-12-18-16)20-19-13-6-4-3-5-7-13/h3-7,12,19H,2,8-11H2,1H3,(H,17,18,20). The third-order valence-electron chi connectivity index (χ3n) is 4.20. The van der Waals surface area contributed by atoms with E-state index >= 15 is 0 Å². The first-order valence-electron chi connectivity index (χ1n) is 8.22. The van der Waals surface area contributed by atoms with Gasteiger partial charge >= 0.3 is 5.69 Å². The summed E-state index contributed by atoms with van der Waals surface area (Å²) in [5.41, 5.74) is 6.43. The molecule has 1 fully saturated rings. The Bertz CT molecular complexity index is 718. The lowest BCUT2D eigenvalue weighted by atomic mass is 10.3. The van der Waals surface area contributed by atoms with E-state index in [9.17, 15) is 10.1 Å². The fourth-order valence-electron chi connectivity index (χ4n) is 2.79. The van der Waals surface area contributed by atoms with E-state index < -0.39 is 4.92 Å². The van der Waals surface area contributed by atoms with Gasteiger partial charge in [-0.15, -0.1) is 0 Å². The quantitative estimate of drug-likeness (QED) is 0.607. The number of para-hydroxylation sites is 1. The average molecular weight is 343 g/mol. The van der Waals surface area contributed by atoms with Crippen LogP contribution in [0.1, 0.15) is 6.92 Å². The number of benzene rings is 1. The van der Waals surface area contributed by atoms with Crippen molar-refractivity contribution in [2.45, 2.75) is 6.92 Å². The summed E-state index contributed by atoms with van der Waals surface area (Å²) in [7, 11) is 0. The van der Waals surface area contributed by atoms with Gasteiger partial charge in [0.25, 0.3) is 0 Å². The second-order valence-corrected chi connectivity index (χ2v) is 5.69. The zero-order valence-corrected chi connectivity index (χ0v) is 14.1. The van der Waals surface area contributed by atoms with Gasteiger partial charge in [-0.3, -0.25) is 21.0 Å². The van der Waals surface area contributed by atoms with Gasteiger partial charge in [0.2, 0.25) is 11.6 Å². The van der Waals surface area contributed by atoms with Crippen LogP contribution in [0.4, 0.5) is 23.0 Å². The number of aromatic nitrogens is 2. The van der Waals surface area contributed by atoms with Crippen molar-refractivity contribution in [3.05, 3.63) is 46.8 Å². The number of hydrazine groups is 1. The van der Waals surface area contributed by atoms with Crippen LogP contribution in [-0.4, -0.2) is 52.5 Å². The van der Waals surface area contributed by atoms with Crippen molar-refractivity contribution in [2.24, 2.45) is 0 Å². The molecule has 0 bridgehead atoms. The number of hydrogen-bond acceptors (Lipinski definition) is 8. The highest BCUT2D eigenvalue weighted by Crippen LogP contribution is 2.32. The number of rotatable bonds is 6. The molecule has 25 heavy (non-hydrogen) atoms. The lowest BCUT2D eigenvalue weighted by molar-refractivity contribution is -0.383. The van der Waals surface area contributed by atoms with E-state index in [-0.39, 0.29) is 11.5 Å². The van der Waals surface area contributed by atoms with Crippen LogP contribution in [-0.2, 0) is 0 Å². The molecular formula is C16H21N7O2. The van der Waals surface area contributed by atoms with Crippen LogP contribution < -0.4 is 15.8 Å². The highest BCUT2D eigenvalue weighted by molar-refractivity contribution is 5.71. The number of anilines is 3. The zero-order valence-electron chi connectivity index (χ0n) is 14.1. The van der Waals surface area contributed by atoms with Gasteiger partial charge in [-0.2, -0.15) is 0 Å². The summed E-state index contributed by atoms with van der Waals surface area (Å²) in [5.74, 6) is 0.505. The molecule has 1 aliphatic heterocycles. The molecule has 1 aliphatic rings. The molecule has 1 aromatic heterocycles. The van der Waals surface area contributed by atoms with E-state index in [1.54, 1.807) is 0 Å². The Labute approximate surface area is 145 Å². The monoisotopic (exact) mass is 343 g/mol. The van der Waals surface area contributed by atoms with Crippen LogP contribution >= 0.6 is 0 Å². The first kappa shape index (κ1) is 16.9.